The van der Waals surface area contributed by atoms with E-state index in [2.05, 4.69) is 29.0 Å². The molecule has 9 heteroatoms. The summed E-state index contributed by atoms with van der Waals surface area (Å²) in [5.74, 6) is -1.86. The largest absolute Gasteiger partial charge is 0.464 e. The van der Waals surface area contributed by atoms with Gasteiger partial charge in [-0.05, 0) is 54.8 Å². The molecule has 1 fully saturated rings. The van der Waals surface area contributed by atoms with Crippen LogP contribution in [-0.2, 0) is 9.59 Å². The van der Waals surface area contributed by atoms with E-state index in [0.717, 1.165) is 30.4 Å². The Kier molecular flexibility index (Phi) is 5.98. The number of rotatable bonds is 3. The van der Waals surface area contributed by atoms with Gasteiger partial charge in [-0.2, -0.15) is 0 Å². The highest BCUT2D eigenvalue weighted by atomic mass is 35.5. The summed E-state index contributed by atoms with van der Waals surface area (Å²) in [6.45, 7) is 6.12. The Labute approximate surface area is 217 Å². The highest BCUT2D eigenvalue weighted by molar-refractivity contribution is 6.50. The van der Waals surface area contributed by atoms with Crippen molar-refractivity contribution in [2.45, 2.75) is 26.3 Å². The van der Waals surface area contributed by atoms with Gasteiger partial charge in [0, 0.05) is 45.7 Å². The van der Waals surface area contributed by atoms with Crippen molar-refractivity contribution in [3.05, 3.63) is 70.8 Å². The van der Waals surface area contributed by atoms with E-state index in [4.69, 9.17) is 16.0 Å². The Balaban J connectivity index is 0.00000267. The van der Waals surface area contributed by atoms with E-state index >= 15 is 4.39 Å². The molecule has 2 N–H and O–H groups in total. The fraction of sp³-hybridized carbons (Fsp3) is 0.259. The molecule has 1 saturated heterocycles. The molecule has 4 heterocycles. The molecule has 0 bridgehead atoms. The van der Waals surface area contributed by atoms with Crippen LogP contribution in [-0.4, -0.2) is 29.5 Å². The summed E-state index contributed by atoms with van der Waals surface area (Å²) in [6, 6.07) is 10.2. The SMILES string of the molecule is CC1(C)CNCCC1n1cc(C2=C(c3c(F)ccc4ccoc34)C(=O)NC2=O)c2cc(Cl)ccc21.Cl. The molecular formula is C27H24Cl2FN3O3. The zero-order valence-corrected chi connectivity index (χ0v) is 21.2. The molecule has 0 radical (unpaired) electrons. The van der Waals surface area contributed by atoms with E-state index in [-0.39, 0.29) is 46.2 Å². The van der Waals surface area contributed by atoms with Gasteiger partial charge in [-0.15, -0.1) is 12.4 Å². The van der Waals surface area contributed by atoms with Crippen molar-refractivity contribution in [3.8, 4) is 0 Å². The highest BCUT2D eigenvalue weighted by Crippen LogP contribution is 2.44. The van der Waals surface area contributed by atoms with Crippen LogP contribution >= 0.6 is 24.0 Å². The first-order chi connectivity index (χ1) is 16.8. The van der Waals surface area contributed by atoms with E-state index in [9.17, 15) is 9.59 Å². The average Bonchev–Trinajstić information content (AvgIpc) is 3.49. The number of halogens is 3. The van der Waals surface area contributed by atoms with Crippen molar-refractivity contribution in [2.75, 3.05) is 13.1 Å². The number of furan rings is 1. The lowest BCUT2D eigenvalue weighted by Gasteiger charge is -2.40. The number of piperidine rings is 1. The van der Waals surface area contributed by atoms with Gasteiger partial charge in [0.05, 0.1) is 23.0 Å². The van der Waals surface area contributed by atoms with Gasteiger partial charge in [-0.3, -0.25) is 14.9 Å². The second kappa shape index (κ2) is 8.76. The Hall–Kier alpha value is -3.13. The molecule has 2 aliphatic heterocycles. The minimum Gasteiger partial charge on any atom is -0.464 e. The van der Waals surface area contributed by atoms with Gasteiger partial charge >= 0.3 is 0 Å². The minimum atomic E-state index is -0.655. The number of nitrogens with one attached hydrogen (secondary N) is 2. The number of nitrogens with zero attached hydrogens (tertiary/aromatic N) is 1. The first-order valence-electron chi connectivity index (χ1n) is 11.5. The summed E-state index contributed by atoms with van der Waals surface area (Å²) in [7, 11) is 0. The molecule has 2 aliphatic rings. The fourth-order valence-corrected chi connectivity index (χ4v) is 5.72. The summed E-state index contributed by atoms with van der Waals surface area (Å²) in [4.78, 5) is 26.3. The first-order valence-corrected chi connectivity index (χ1v) is 11.9. The van der Waals surface area contributed by atoms with Crippen LogP contribution in [0, 0.1) is 11.2 Å². The van der Waals surface area contributed by atoms with Gasteiger partial charge in [0.15, 0.2) is 0 Å². The average molecular weight is 528 g/mol. The van der Waals surface area contributed by atoms with Crippen molar-refractivity contribution >= 4 is 68.8 Å². The first kappa shape index (κ1) is 24.6. The molecule has 0 saturated carbocycles. The maximum atomic E-state index is 15.2. The van der Waals surface area contributed by atoms with Crippen LogP contribution in [0.5, 0.6) is 0 Å². The van der Waals surface area contributed by atoms with E-state index in [1.165, 1.54) is 12.3 Å². The van der Waals surface area contributed by atoms with Gasteiger partial charge in [-0.1, -0.05) is 25.4 Å². The van der Waals surface area contributed by atoms with E-state index in [1.807, 2.05) is 18.3 Å². The van der Waals surface area contributed by atoms with Crippen LogP contribution in [0.2, 0.25) is 5.02 Å². The monoisotopic (exact) mass is 527 g/mol. The summed E-state index contributed by atoms with van der Waals surface area (Å²) in [5, 5.41) is 7.70. The van der Waals surface area contributed by atoms with Crippen molar-refractivity contribution in [2.24, 2.45) is 5.41 Å². The van der Waals surface area contributed by atoms with Crippen LogP contribution < -0.4 is 10.6 Å². The van der Waals surface area contributed by atoms with Crippen LogP contribution in [0.1, 0.15) is 37.4 Å². The standard InChI is InChI=1S/C27H23ClFN3O3.ClH/c1-27(2)13-30-9-7-20(27)32-12-17(16-11-15(28)4-6-19(16)32)21-23(26(34)31-25(21)33)22-18(29)5-3-14-8-10-35-24(14)22;/h3-6,8,10-12,20,30H,7,9,13H2,1-2H3,(H,31,33,34);1H. The molecule has 0 spiro atoms. The number of hydrogen-bond donors (Lipinski definition) is 2. The molecule has 36 heavy (non-hydrogen) atoms. The quantitative estimate of drug-likeness (QED) is 0.333. The van der Waals surface area contributed by atoms with E-state index in [0.29, 0.717) is 16.0 Å². The fourth-order valence-electron chi connectivity index (χ4n) is 5.55. The molecule has 2 aromatic carbocycles. The maximum Gasteiger partial charge on any atom is 0.259 e. The highest BCUT2D eigenvalue weighted by Gasteiger charge is 2.39. The van der Waals surface area contributed by atoms with Gasteiger partial charge in [0.25, 0.3) is 11.8 Å². The van der Waals surface area contributed by atoms with E-state index < -0.39 is 17.6 Å². The van der Waals surface area contributed by atoms with Crippen LogP contribution in [0.15, 0.2) is 53.3 Å². The molecule has 2 amide bonds. The number of amides is 2. The zero-order chi connectivity index (χ0) is 24.5. The Morgan fingerprint density at radius 1 is 1.11 bits per heavy atom. The van der Waals surface area contributed by atoms with Crippen molar-refractivity contribution in [1.29, 1.82) is 0 Å². The lowest BCUT2D eigenvalue weighted by atomic mass is 9.80. The molecule has 2 aromatic heterocycles. The Morgan fingerprint density at radius 2 is 1.89 bits per heavy atom. The molecule has 1 atom stereocenters. The van der Waals surface area contributed by atoms with Crippen molar-refractivity contribution in [1.82, 2.24) is 15.2 Å². The molecule has 6 nitrogen and oxygen atoms in total. The van der Waals surface area contributed by atoms with Crippen LogP contribution in [0.25, 0.3) is 33.0 Å². The number of benzene rings is 2. The smallest absolute Gasteiger partial charge is 0.259 e. The number of aromatic nitrogens is 1. The second-order valence-electron chi connectivity index (χ2n) is 9.88. The van der Waals surface area contributed by atoms with Gasteiger partial charge in [0.2, 0.25) is 0 Å². The van der Waals surface area contributed by atoms with Gasteiger partial charge in [0.1, 0.15) is 11.4 Å². The topological polar surface area (TPSA) is 76.3 Å². The van der Waals surface area contributed by atoms with E-state index in [1.54, 1.807) is 18.2 Å². The maximum absolute atomic E-state index is 15.2. The molecule has 1 unspecified atom stereocenters. The molecule has 0 aliphatic carbocycles. The molecule has 186 valence electrons. The summed E-state index contributed by atoms with van der Waals surface area (Å²) >= 11 is 6.38. The lowest BCUT2D eigenvalue weighted by molar-refractivity contribution is -0.122. The van der Waals surface area contributed by atoms with Crippen molar-refractivity contribution < 1.29 is 18.4 Å². The number of imide groups is 1. The molecule has 6 rings (SSSR count). The van der Waals surface area contributed by atoms with Gasteiger partial charge < -0.3 is 14.3 Å². The number of hydrogen-bond acceptors (Lipinski definition) is 4. The number of carbonyl (C=O) groups excluding carboxylic acids is 2. The van der Waals surface area contributed by atoms with Gasteiger partial charge in [-0.25, -0.2) is 4.39 Å². The van der Waals surface area contributed by atoms with Crippen LogP contribution in [0.3, 0.4) is 0 Å². The normalized spacial score (nSPS) is 19.7. The third kappa shape index (κ3) is 3.65. The number of fused-ring (bicyclic) bond motifs is 2. The lowest BCUT2D eigenvalue weighted by Crippen LogP contribution is -2.43. The molecule has 4 aromatic rings. The number of carbonyl (C=O) groups is 2. The minimum absolute atomic E-state index is 0. The summed E-state index contributed by atoms with van der Waals surface area (Å²) < 4.78 is 22.9. The zero-order valence-electron chi connectivity index (χ0n) is 19.7. The van der Waals surface area contributed by atoms with Crippen LogP contribution in [0.4, 0.5) is 4.39 Å². The molecular weight excluding hydrogens is 504 g/mol. The third-order valence-corrected chi connectivity index (χ3v) is 7.46. The predicted molar refractivity (Wildman–Crippen MR) is 141 cm³/mol. The third-order valence-electron chi connectivity index (χ3n) is 7.23. The Morgan fingerprint density at radius 3 is 2.67 bits per heavy atom. The second-order valence-corrected chi connectivity index (χ2v) is 10.3. The predicted octanol–water partition coefficient (Wildman–Crippen LogP) is 5.73. The summed E-state index contributed by atoms with van der Waals surface area (Å²) in [5.41, 5.74) is 1.68. The van der Waals surface area contributed by atoms with Crippen molar-refractivity contribution in [3.63, 3.8) is 0 Å². The Bertz CT molecular complexity index is 1580. The summed E-state index contributed by atoms with van der Waals surface area (Å²) in [6.07, 6.45) is 4.25.